The van der Waals surface area contributed by atoms with E-state index in [1.54, 1.807) is 22.6 Å². The lowest BCUT2D eigenvalue weighted by Gasteiger charge is -2.01. The third-order valence-electron chi connectivity index (χ3n) is 1.02. The molecule has 0 N–H and O–H groups in total. The summed E-state index contributed by atoms with van der Waals surface area (Å²) >= 11 is 1.75. The van der Waals surface area contributed by atoms with Crippen molar-refractivity contribution in [3.05, 3.63) is 21.8 Å². The molecule has 0 spiro atoms. The average molecular weight is 271 g/mol. The SMILES string of the molecule is FCOc1cncc(I)c1F. The van der Waals surface area contributed by atoms with Crippen LogP contribution in [0.1, 0.15) is 0 Å². The molecule has 0 amide bonds. The molecule has 0 aliphatic carbocycles. The van der Waals surface area contributed by atoms with E-state index in [1.165, 1.54) is 6.20 Å². The van der Waals surface area contributed by atoms with Gasteiger partial charge in [-0.2, -0.15) is 0 Å². The van der Waals surface area contributed by atoms with Gasteiger partial charge >= 0.3 is 0 Å². The van der Waals surface area contributed by atoms with Crippen molar-refractivity contribution in [2.75, 3.05) is 6.86 Å². The van der Waals surface area contributed by atoms with Crippen LogP contribution in [0, 0.1) is 9.39 Å². The topological polar surface area (TPSA) is 22.1 Å². The first-order chi connectivity index (χ1) is 5.25. The molecule has 0 saturated heterocycles. The Morgan fingerprint density at radius 1 is 1.55 bits per heavy atom. The maximum absolute atomic E-state index is 12.8. The van der Waals surface area contributed by atoms with Gasteiger partial charge in [-0.1, -0.05) is 0 Å². The summed E-state index contributed by atoms with van der Waals surface area (Å²) in [7, 11) is 0. The number of aromatic nitrogens is 1. The highest BCUT2D eigenvalue weighted by atomic mass is 127. The van der Waals surface area contributed by atoms with Gasteiger partial charge in [-0.3, -0.25) is 4.98 Å². The molecule has 60 valence electrons. The molecule has 0 atom stereocenters. The highest BCUT2D eigenvalue weighted by Crippen LogP contribution is 2.19. The second-order valence-electron chi connectivity index (χ2n) is 1.69. The lowest BCUT2D eigenvalue weighted by molar-refractivity contribution is 0.183. The van der Waals surface area contributed by atoms with Gasteiger partial charge in [0, 0.05) is 6.20 Å². The fourth-order valence-corrected chi connectivity index (χ4v) is 0.987. The standard InChI is InChI=1S/C6H4F2INO/c7-3-11-5-2-10-1-4(9)6(5)8/h1-2H,3H2. The zero-order chi connectivity index (χ0) is 8.27. The molecule has 11 heavy (non-hydrogen) atoms. The number of hydrogen-bond acceptors (Lipinski definition) is 2. The number of nitrogens with zero attached hydrogens (tertiary/aromatic N) is 1. The van der Waals surface area contributed by atoms with Gasteiger partial charge < -0.3 is 4.74 Å². The molecule has 5 heteroatoms. The minimum absolute atomic E-state index is 0.153. The second-order valence-corrected chi connectivity index (χ2v) is 2.85. The lowest BCUT2D eigenvalue weighted by atomic mass is 10.4. The van der Waals surface area contributed by atoms with Gasteiger partial charge in [0.05, 0.1) is 9.77 Å². The summed E-state index contributed by atoms with van der Waals surface area (Å²) < 4.78 is 29.0. The maximum Gasteiger partial charge on any atom is 0.228 e. The van der Waals surface area contributed by atoms with E-state index < -0.39 is 12.7 Å². The third kappa shape index (κ3) is 1.98. The predicted octanol–water partition coefficient (Wildman–Crippen LogP) is 2.13. The van der Waals surface area contributed by atoms with Crippen molar-refractivity contribution >= 4 is 22.6 Å². The van der Waals surface area contributed by atoms with Gasteiger partial charge in [-0.25, -0.2) is 8.78 Å². The number of pyridine rings is 1. The first-order valence-electron chi connectivity index (χ1n) is 2.73. The summed E-state index contributed by atoms with van der Waals surface area (Å²) in [6.45, 7) is -1.04. The summed E-state index contributed by atoms with van der Waals surface area (Å²) in [6, 6.07) is 0. The molecule has 1 aromatic rings. The molecule has 0 aromatic carbocycles. The molecule has 0 bridgehead atoms. The number of rotatable bonds is 2. The monoisotopic (exact) mass is 271 g/mol. The van der Waals surface area contributed by atoms with Crippen LogP contribution >= 0.6 is 22.6 Å². The molecule has 1 heterocycles. The van der Waals surface area contributed by atoms with Crippen LogP contribution in [0.25, 0.3) is 0 Å². The van der Waals surface area contributed by atoms with Crippen molar-refractivity contribution < 1.29 is 13.5 Å². The fraction of sp³-hybridized carbons (Fsp3) is 0.167. The van der Waals surface area contributed by atoms with Gasteiger partial charge in [0.1, 0.15) is 0 Å². The number of halogens is 3. The Labute approximate surface area is 75.7 Å². The summed E-state index contributed by atoms with van der Waals surface area (Å²) in [4.78, 5) is 3.62. The van der Waals surface area contributed by atoms with Crippen molar-refractivity contribution in [3.8, 4) is 5.75 Å². The van der Waals surface area contributed by atoms with Gasteiger partial charge in [0.25, 0.3) is 0 Å². The Morgan fingerprint density at radius 2 is 2.27 bits per heavy atom. The van der Waals surface area contributed by atoms with Gasteiger partial charge in [-0.15, -0.1) is 0 Å². The van der Waals surface area contributed by atoms with Crippen molar-refractivity contribution in [2.24, 2.45) is 0 Å². The smallest absolute Gasteiger partial charge is 0.228 e. The van der Waals surface area contributed by atoms with Gasteiger partial charge in [0.2, 0.25) is 6.86 Å². The summed E-state index contributed by atoms with van der Waals surface area (Å²) in [5, 5.41) is 0. The molecule has 0 aliphatic heterocycles. The minimum Gasteiger partial charge on any atom is -0.458 e. The second kappa shape index (κ2) is 3.80. The number of alkyl halides is 1. The van der Waals surface area contributed by atoms with E-state index in [1.807, 2.05) is 0 Å². The Kier molecular flexibility index (Phi) is 2.98. The average Bonchev–Trinajstić information content (AvgIpc) is 1.99. The zero-order valence-corrected chi connectivity index (χ0v) is 7.51. The van der Waals surface area contributed by atoms with Crippen LogP contribution < -0.4 is 4.74 Å². The van der Waals surface area contributed by atoms with E-state index in [9.17, 15) is 8.78 Å². The Hall–Kier alpha value is -0.460. The maximum atomic E-state index is 12.8. The quantitative estimate of drug-likeness (QED) is 0.769. The highest BCUT2D eigenvalue weighted by Gasteiger charge is 2.06. The Morgan fingerprint density at radius 3 is 2.91 bits per heavy atom. The van der Waals surface area contributed by atoms with Crippen molar-refractivity contribution in [3.63, 3.8) is 0 Å². The molecular formula is C6H4F2INO. The summed E-state index contributed by atoms with van der Waals surface area (Å²) in [5.74, 6) is -0.724. The van der Waals surface area contributed by atoms with E-state index in [2.05, 4.69) is 9.72 Å². The predicted molar refractivity (Wildman–Crippen MR) is 43.5 cm³/mol. The lowest BCUT2D eigenvalue weighted by Crippen LogP contribution is -1.95. The van der Waals surface area contributed by atoms with Crippen LogP contribution in [-0.2, 0) is 0 Å². The van der Waals surface area contributed by atoms with Crippen LogP contribution in [-0.4, -0.2) is 11.8 Å². The highest BCUT2D eigenvalue weighted by molar-refractivity contribution is 14.1. The summed E-state index contributed by atoms with van der Waals surface area (Å²) in [6.07, 6.45) is 2.47. The Balaban J connectivity index is 2.96. The molecule has 1 aromatic heterocycles. The molecule has 2 nitrogen and oxygen atoms in total. The fourth-order valence-electron chi connectivity index (χ4n) is 0.561. The summed E-state index contributed by atoms with van der Waals surface area (Å²) in [5.41, 5.74) is 0. The first-order valence-corrected chi connectivity index (χ1v) is 3.81. The molecule has 0 unspecified atom stereocenters. The van der Waals surface area contributed by atoms with Crippen molar-refractivity contribution in [1.82, 2.24) is 4.98 Å². The van der Waals surface area contributed by atoms with Crippen molar-refractivity contribution in [2.45, 2.75) is 0 Å². The largest absolute Gasteiger partial charge is 0.458 e. The van der Waals surface area contributed by atoms with E-state index in [0.717, 1.165) is 6.20 Å². The molecule has 1 rings (SSSR count). The molecule has 0 radical (unpaired) electrons. The normalized spacial score (nSPS) is 9.73. The van der Waals surface area contributed by atoms with Gasteiger partial charge in [0.15, 0.2) is 11.6 Å². The van der Waals surface area contributed by atoms with E-state index in [-0.39, 0.29) is 5.75 Å². The third-order valence-corrected chi connectivity index (χ3v) is 1.77. The van der Waals surface area contributed by atoms with Crippen LogP contribution in [0.4, 0.5) is 8.78 Å². The van der Waals surface area contributed by atoms with E-state index >= 15 is 0 Å². The molecular weight excluding hydrogens is 267 g/mol. The number of ether oxygens (including phenoxy) is 1. The minimum atomic E-state index is -1.04. The van der Waals surface area contributed by atoms with Crippen LogP contribution in [0.5, 0.6) is 5.75 Å². The van der Waals surface area contributed by atoms with Crippen molar-refractivity contribution in [1.29, 1.82) is 0 Å². The van der Waals surface area contributed by atoms with Crippen LogP contribution in [0.15, 0.2) is 12.4 Å². The zero-order valence-electron chi connectivity index (χ0n) is 5.35. The Bertz CT molecular complexity index is 256. The van der Waals surface area contributed by atoms with E-state index in [4.69, 9.17) is 0 Å². The van der Waals surface area contributed by atoms with Gasteiger partial charge in [-0.05, 0) is 22.6 Å². The number of hydrogen-bond donors (Lipinski definition) is 0. The van der Waals surface area contributed by atoms with Crippen LogP contribution in [0.3, 0.4) is 0 Å². The van der Waals surface area contributed by atoms with Crippen LogP contribution in [0.2, 0.25) is 0 Å². The molecule has 0 aliphatic rings. The first kappa shape index (κ1) is 8.63. The molecule has 0 fully saturated rings. The van der Waals surface area contributed by atoms with E-state index in [0.29, 0.717) is 3.57 Å². The molecule has 0 saturated carbocycles.